The monoisotopic (exact) mass is 248 g/mol. The molecule has 1 aliphatic heterocycles. The van der Waals surface area contributed by atoms with E-state index in [2.05, 4.69) is 28.1 Å². The summed E-state index contributed by atoms with van der Waals surface area (Å²) in [6.45, 7) is 3.75. The average Bonchev–Trinajstić information content (AvgIpc) is 2.81. The molecule has 2 unspecified atom stereocenters. The van der Waals surface area contributed by atoms with Crippen LogP contribution in [0.2, 0.25) is 0 Å². The van der Waals surface area contributed by atoms with Gasteiger partial charge < -0.3 is 5.32 Å². The lowest BCUT2D eigenvalue weighted by atomic mass is 10.0. The van der Waals surface area contributed by atoms with Gasteiger partial charge >= 0.3 is 0 Å². The minimum atomic E-state index is 0.109. The molecule has 5 heteroatoms. The molecule has 18 heavy (non-hydrogen) atoms. The van der Waals surface area contributed by atoms with Crippen LogP contribution < -0.4 is 16.2 Å². The number of pyridine rings is 1. The van der Waals surface area contributed by atoms with Gasteiger partial charge in [0.25, 0.3) is 0 Å². The minimum absolute atomic E-state index is 0.109. The Morgan fingerprint density at radius 1 is 1.61 bits per heavy atom. The van der Waals surface area contributed by atoms with E-state index in [0.717, 1.165) is 25.1 Å². The zero-order valence-corrected chi connectivity index (χ0v) is 10.6. The molecule has 3 N–H and O–H groups in total. The maximum atomic E-state index is 11.7. The Balaban J connectivity index is 1.66. The van der Waals surface area contributed by atoms with Crippen LogP contribution in [0.15, 0.2) is 24.5 Å². The second-order valence-corrected chi connectivity index (χ2v) is 4.74. The van der Waals surface area contributed by atoms with E-state index >= 15 is 0 Å². The van der Waals surface area contributed by atoms with Crippen LogP contribution in [0.25, 0.3) is 0 Å². The molecule has 1 amide bonds. The molecule has 2 atom stereocenters. The van der Waals surface area contributed by atoms with E-state index in [4.69, 9.17) is 0 Å². The molecular formula is C13H20N4O. The van der Waals surface area contributed by atoms with Gasteiger partial charge in [-0.2, -0.15) is 0 Å². The van der Waals surface area contributed by atoms with Crippen molar-refractivity contribution in [3.05, 3.63) is 30.1 Å². The zero-order chi connectivity index (χ0) is 12.8. The fourth-order valence-corrected chi connectivity index (χ4v) is 2.03. The number of nitrogens with one attached hydrogen (secondary N) is 3. The van der Waals surface area contributed by atoms with Crippen LogP contribution in [-0.2, 0) is 11.2 Å². The van der Waals surface area contributed by atoms with Crippen LogP contribution in [0.1, 0.15) is 18.9 Å². The van der Waals surface area contributed by atoms with Crippen LogP contribution in [-0.4, -0.2) is 30.0 Å². The summed E-state index contributed by atoms with van der Waals surface area (Å²) in [5, 5.41) is 2.99. The van der Waals surface area contributed by atoms with Crippen molar-refractivity contribution in [3.63, 3.8) is 0 Å². The predicted molar refractivity (Wildman–Crippen MR) is 69.7 cm³/mol. The van der Waals surface area contributed by atoms with Crippen LogP contribution in [0.4, 0.5) is 0 Å². The quantitative estimate of drug-likeness (QED) is 0.698. The van der Waals surface area contributed by atoms with E-state index in [0.29, 0.717) is 18.4 Å². The highest BCUT2D eigenvalue weighted by molar-refractivity contribution is 5.76. The molecule has 1 saturated heterocycles. The second kappa shape index (κ2) is 6.47. The Morgan fingerprint density at radius 3 is 3.17 bits per heavy atom. The summed E-state index contributed by atoms with van der Waals surface area (Å²) < 4.78 is 0. The first-order valence-electron chi connectivity index (χ1n) is 6.39. The number of nitrogens with zero attached hydrogens (tertiary/aromatic N) is 1. The molecule has 0 aromatic carbocycles. The average molecular weight is 248 g/mol. The lowest BCUT2D eigenvalue weighted by Gasteiger charge is -2.14. The van der Waals surface area contributed by atoms with Gasteiger partial charge in [0, 0.05) is 43.9 Å². The molecule has 5 nitrogen and oxygen atoms in total. The zero-order valence-electron chi connectivity index (χ0n) is 10.6. The Labute approximate surface area is 107 Å². The highest BCUT2D eigenvalue weighted by Crippen LogP contribution is 2.05. The van der Waals surface area contributed by atoms with Gasteiger partial charge in [-0.3, -0.25) is 20.6 Å². The minimum Gasteiger partial charge on any atom is -0.356 e. The third-order valence-electron chi connectivity index (χ3n) is 3.33. The molecule has 0 bridgehead atoms. The van der Waals surface area contributed by atoms with Gasteiger partial charge in [0.2, 0.25) is 5.91 Å². The lowest BCUT2D eigenvalue weighted by Crippen LogP contribution is -2.35. The van der Waals surface area contributed by atoms with E-state index in [9.17, 15) is 4.79 Å². The molecule has 98 valence electrons. The molecule has 2 heterocycles. The van der Waals surface area contributed by atoms with Gasteiger partial charge in [-0.05, 0) is 25.0 Å². The molecule has 0 radical (unpaired) electrons. The molecule has 0 saturated carbocycles. The maximum Gasteiger partial charge on any atom is 0.220 e. The molecule has 1 aromatic rings. The summed E-state index contributed by atoms with van der Waals surface area (Å²) in [6, 6.07) is 4.29. The number of carbonyl (C=O) groups is 1. The number of hydrogen-bond acceptors (Lipinski definition) is 4. The van der Waals surface area contributed by atoms with E-state index in [1.165, 1.54) is 0 Å². The van der Waals surface area contributed by atoms with Crippen LogP contribution in [0.3, 0.4) is 0 Å². The van der Waals surface area contributed by atoms with Crippen molar-refractivity contribution < 1.29 is 4.79 Å². The van der Waals surface area contributed by atoms with Crippen molar-refractivity contribution in [2.45, 2.75) is 25.8 Å². The van der Waals surface area contributed by atoms with Crippen molar-refractivity contribution in [3.8, 4) is 0 Å². The van der Waals surface area contributed by atoms with Crippen LogP contribution in [0.5, 0.6) is 0 Å². The first-order valence-corrected chi connectivity index (χ1v) is 6.39. The third kappa shape index (κ3) is 3.78. The number of aryl methyl sites for hydroxylation is 1. The standard InChI is InChI=1S/C13H20N4O/c1-10-12(9-16-17-10)8-15-13(18)5-4-11-3-2-6-14-7-11/h2-3,6-7,10,12,16-17H,4-5,8-9H2,1H3,(H,15,18). The highest BCUT2D eigenvalue weighted by Gasteiger charge is 2.22. The van der Waals surface area contributed by atoms with Crippen LogP contribution in [0, 0.1) is 5.92 Å². The van der Waals surface area contributed by atoms with Crippen molar-refractivity contribution in [1.82, 2.24) is 21.2 Å². The summed E-state index contributed by atoms with van der Waals surface area (Å²) >= 11 is 0. The van der Waals surface area contributed by atoms with Crippen LogP contribution >= 0.6 is 0 Å². The first-order chi connectivity index (χ1) is 8.75. The first kappa shape index (κ1) is 13.0. The number of hydrogen-bond donors (Lipinski definition) is 3. The molecular weight excluding hydrogens is 228 g/mol. The Morgan fingerprint density at radius 2 is 2.50 bits per heavy atom. The van der Waals surface area contributed by atoms with Gasteiger partial charge in [0.1, 0.15) is 0 Å². The van der Waals surface area contributed by atoms with Gasteiger partial charge in [-0.25, -0.2) is 0 Å². The normalized spacial score (nSPS) is 22.9. The molecule has 1 aliphatic rings. The molecule has 1 aromatic heterocycles. The summed E-state index contributed by atoms with van der Waals surface area (Å²) in [7, 11) is 0. The molecule has 0 spiro atoms. The fraction of sp³-hybridized carbons (Fsp3) is 0.538. The Kier molecular flexibility index (Phi) is 4.66. The summed E-state index contributed by atoms with van der Waals surface area (Å²) in [4.78, 5) is 15.7. The summed E-state index contributed by atoms with van der Waals surface area (Å²) in [6.07, 6.45) is 4.81. The van der Waals surface area contributed by atoms with E-state index in [-0.39, 0.29) is 5.91 Å². The second-order valence-electron chi connectivity index (χ2n) is 4.74. The van der Waals surface area contributed by atoms with Crippen molar-refractivity contribution in [2.24, 2.45) is 5.92 Å². The lowest BCUT2D eigenvalue weighted by molar-refractivity contribution is -0.121. The van der Waals surface area contributed by atoms with Gasteiger partial charge in [-0.1, -0.05) is 6.07 Å². The third-order valence-corrected chi connectivity index (χ3v) is 3.33. The van der Waals surface area contributed by atoms with E-state index in [1.54, 1.807) is 12.4 Å². The van der Waals surface area contributed by atoms with E-state index < -0.39 is 0 Å². The maximum absolute atomic E-state index is 11.7. The van der Waals surface area contributed by atoms with Gasteiger partial charge in [-0.15, -0.1) is 0 Å². The fourth-order valence-electron chi connectivity index (χ4n) is 2.03. The number of carbonyl (C=O) groups excluding carboxylic acids is 1. The number of aromatic nitrogens is 1. The smallest absolute Gasteiger partial charge is 0.220 e. The van der Waals surface area contributed by atoms with Gasteiger partial charge in [0.15, 0.2) is 0 Å². The van der Waals surface area contributed by atoms with Crippen molar-refractivity contribution >= 4 is 5.91 Å². The Bertz CT molecular complexity index is 382. The summed E-state index contributed by atoms with van der Waals surface area (Å²) in [5.41, 5.74) is 7.34. The number of rotatable bonds is 5. The molecule has 2 rings (SSSR count). The predicted octanol–water partition coefficient (Wildman–Crippen LogP) is 0.243. The van der Waals surface area contributed by atoms with Crippen molar-refractivity contribution in [1.29, 1.82) is 0 Å². The Hall–Kier alpha value is -1.46. The largest absolute Gasteiger partial charge is 0.356 e. The SMILES string of the molecule is CC1NNCC1CNC(=O)CCc1cccnc1. The summed E-state index contributed by atoms with van der Waals surface area (Å²) in [5.74, 6) is 0.574. The van der Waals surface area contributed by atoms with E-state index in [1.807, 2.05) is 12.1 Å². The number of amides is 1. The topological polar surface area (TPSA) is 66.0 Å². The highest BCUT2D eigenvalue weighted by atomic mass is 16.1. The molecule has 1 fully saturated rings. The van der Waals surface area contributed by atoms with Crippen molar-refractivity contribution in [2.75, 3.05) is 13.1 Å². The van der Waals surface area contributed by atoms with Gasteiger partial charge in [0.05, 0.1) is 0 Å². The molecule has 0 aliphatic carbocycles. The number of hydrazine groups is 1.